The van der Waals surface area contributed by atoms with Crippen molar-refractivity contribution in [2.45, 2.75) is 24.5 Å². The smallest absolute Gasteiger partial charge is 0.247 e. The molecule has 0 unspecified atom stereocenters. The molecular formula is C18H26N2O3. The Balaban J connectivity index is 1.89. The SMILES string of the molecule is COC[C@@H]1CN(C(=O)[C@]2(N(C)C)CCc3ccccc32)CCO1. The first-order chi connectivity index (χ1) is 11.1. The summed E-state index contributed by atoms with van der Waals surface area (Å²) in [7, 11) is 5.68. The summed E-state index contributed by atoms with van der Waals surface area (Å²) >= 11 is 0. The lowest BCUT2D eigenvalue weighted by Crippen LogP contribution is -2.58. The maximum absolute atomic E-state index is 13.5. The second kappa shape index (κ2) is 6.59. The Morgan fingerprint density at radius 3 is 2.96 bits per heavy atom. The zero-order valence-electron chi connectivity index (χ0n) is 14.2. The molecule has 0 radical (unpaired) electrons. The van der Waals surface area contributed by atoms with Gasteiger partial charge in [0.05, 0.1) is 19.3 Å². The summed E-state index contributed by atoms with van der Waals surface area (Å²) < 4.78 is 10.9. The maximum Gasteiger partial charge on any atom is 0.247 e. The predicted molar refractivity (Wildman–Crippen MR) is 88.3 cm³/mol. The molecule has 23 heavy (non-hydrogen) atoms. The molecule has 1 heterocycles. The first kappa shape index (κ1) is 16.4. The van der Waals surface area contributed by atoms with Crippen LogP contribution in [0, 0.1) is 0 Å². The van der Waals surface area contributed by atoms with Crippen LogP contribution >= 0.6 is 0 Å². The zero-order valence-corrected chi connectivity index (χ0v) is 14.2. The molecule has 126 valence electrons. The van der Waals surface area contributed by atoms with Gasteiger partial charge in [0.25, 0.3) is 0 Å². The molecular weight excluding hydrogens is 292 g/mol. The fourth-order valence-electron chi connectivity index (χ4n) is 3.92. The highest BCUT2D eigenvalue weighted by molar-refractivity contribution is 5.89. The average Bonchev–Trinajstić information content (AvgIpc) is 2.95. The fraction of sp³-hybridized carbons (Fsp3) is 0.611. The predicted octanol–water partition coefficient (Wildman–Crippen LogP) is 1.26. The van der Waals surface area contributed by atoms with Crippen LogP contribution in [0.3, 0.4) is 0 Å². The number of morpholine rings is 1. The van der Waals surface area contributed by atoms with Crippen molar-refractivity contribution in [2.24, 2.45) is 0 Å². The minimum Gasteiger partial charge on any atom is -0.382 e. The molecule has 0 bridgehead atoms. The number of carbonyl (C=O) groups is 1. The van der Waals surface area contributed by atoms with E-state index in [1.165, 1.54) is 5.56 Å². The molecule has 5 nitrogen and oxygen atoms in total. The van der Waals surface area contributed by atoms with E-state index in [1.54, 1.807) is 7.11 Å². The van der Waals surface area contributed by atoms with E-state index in [0.29, 0.717) is 26.3 Å². The number of amides is 1. The summed E-state index contributed by atoms with van der Waals surface area (Å²) in [4.78, 5) is 17.5. The topological polar surface area (TPSA) is 42.0 Å². The Hall–Kier alpha value is -1.43. The second-order valence-corrected chi connectivity index (χ2v) is 6.61. The standard InChI is InChI=1S/C18H26N2O3/c1-19(2)18(9-8-14-6-4-5-7-16(14)18)17(21)20-10-11-23-15(12-20)13-22-3/h4-7,15H,8-13H2,1-3H3/t15-,18-/m0/s1. The first-order valence-corrected chi connectivity index (χ1v) is 8.25. The van der Waals surface area contributed by atoms with Gasteiger partial charge in [-0.15, -0.1) is 0 Å². The molecule has 0 aromatic heterocycles. The van der Waals surface area contributed by atoms with E-state index < -0.39 is 5.54 Å². The number of nitrogens with zero attached hydrogens (tertiary/aromatic N) is 2. The number of rotatable bonds is 4. The second-order valence-electron chi connectivity index (χ2n) is 6.61. The van der Waals surface area contributed by atoms with Gasteiger partial charge in [-0.1, -0.05) is 24.3 Å². The van der Waals surface area contributed by atoms with Crippen molar-refractivity contribution in [1.82, 2.24) is 9.80 Å². The first-order valence-electron chi connectivity index (χ1n) is 8.25. The summed E-state index contributed by atoms with van der Waals surface area (Å²) in [5, 5.41) is 0. The molecule has 3 rings (SSSR count). The Morgan fingerprint density at radius 1 is 1.43 bits per heavy atom. The largest absolute Gasteiger partial charge is 0.382 e. The van der Waals surface area contributed by atoms with Gasteiger partial charge >= 0.3 is 0 Å². The monoisotopic (exact) mass is 318 g/mol. The van der Waals surface area contributed by atoms with Gasteiger partial charge in [0.2, 0.25) is 5.91 Å². The summed E-state index contributed by atoms with van der Waals surface area (Å²) in [6, 6.07) is 8.33. The van der Waals surface area contributed by atoms with Crippen LogP contribution in [0.2, 0.25) is 0 Å². The minimum absolute atomic E-state index is 0.0337. The van der Waals surface area contributed by atoms with Crippen molar-refractivity contribution in [3.05, 3.63) is 35.4 Å². The van der Waals surface area contributed by atoms with Gasteiger partial charge in [0.15, 0.2) is 0 Å². The summed E-state index contributed by atoms with van der Waals surface area (Å²) in [5.74, 6) is 0.192. The van der Waals surface area contributed by atoms with Crippen molar-refractivity contribution >= 4 is 5.91 Å². The molecule has 5 heteroatoms. The third-order valence-electron chi connectivity index (χ3n) is 5.11. The van der Waals surface area contributed by atoms with Crippen molar-refractivity contribution in [3.8, 4) is 0 Å². The van der Waals surface area contributed by atoms with E-state index in [1.807, 2.05) is 25.1 Å². The number of hydrogen-bond acceptors (Lipinski definition) is 4. The van der Waals surface area contributed by atoms with Gasteiger partial charge in [-0.05, 0) is 38.1 Å². The normalized spacial score (nSPS) is 27.3. The molecule has 2 aliphatic rings. The number of benzene rings is 1. The third-order valence-corrected chi connectivity index (χ3v) is 5.11. The number of fused-ring (bicyclic) bond motifs is 1. The van der Waals surface area contributed by atoms with E-state index in [-0.39, 0.29) is 12.0 Å². The van der Waals surface area contributed by atoms with Crippen LogP contribution in [-0.4, -0.2) is 69.3 Å². The molecule has 1 amide bonds. The molecule has 2 atom stereocenters. The Kier molecular flexibility index (Phi) is 4.71. The molecule has 1 aromatic carbocycles. The molecule has 1 fully saturated rings. The van der Waals surface area contributed by atoms with E-state index in [9.17, 15) is 4.79 Å². The highest BCUT2D eigenvalue weighted by atomic mass is 16.5. The highest BCUT2D eigenvalue weighted by Crippen LogP contribution is 2.42. The van der Waals surface area contributed by atoms with E-state index >= 15 is 0 Å². The average molecular weight is 318 g/mol. The number of ether oxygens (including phenoxy) is 2. The quantitative estimate of drug-likeness (QED) is 0.838. The molecule has 1 aromatic rings. The van der Waals surface area contributed by atoms with Crippen LogP contribution in [-0.2, 0) is 26.2 Å². The van der Waals surface area contributed by atoms with Gasteiger partial charge in [0.1, 0.15) is 5.54 Å². The summed E-state index contributed by atoms with van der Waals surface area (Å²) in [5.41, 5.74) is 1.90. The van der Waals surface area contributed by atoms with Crippen molar-refractivity contribution in [3.63, 3.8) is 0 Å². The Morgan fingerprint density at radius 2 is 2.22 bits per heavy atom. The lowest BCUT2D eigenvalue weighted by atomic mass is 9.88. The summed E-state index contributed by atoms with van der Waals surface area (Å²) in [6.45, 7) is 2.35. The van der Waals surface area contributed by atoms with E-state index in [0.717, 1.165) is 18.4 Å². The van der Waals surface area contributed by atoms with Crippen LogP contribution < -0.4 is 0 Å². The van der Waals surface area contributed by atoms with Crippen LogP contribution in [0.25, 0.3) is 0 Å². The lowest BCUT2D eigenvalue weighted by Gasteiger charge is -2.42. The van der Waals surface area contributed by atoms with Crippen LogP contribution in [0.1, 0.15) is 17.5 Å². The molecule has 1 saturated heterocycles. The molecule has 1 aliphatic carbocycles. The van der Waals surface area contributed by atoms with Gasteiger partial charge in [-0.3, -0.25) is 9.69 Å². The number of hydrogen-bond donors (Lipinski definition) is 0. The molecule has 0 saturated carbocycles. The highest BCUT2D eigenvalue weighted by Gasteiger charge is 2.49. The van der Waals surface area contributed by atoms with Crippen molar-refractivity contribution in [2.75, 3.05) is 47.5 Å². The Labute approximate surface area is 138 Å². The lowest BCUT2D eigenvalue weighted by molar-refractivity contribution is -0.153. The number of methoxy groups -OCH3 is 1. The molecule has 1 aliphatic heterocycles. The number of likely N-dealkylation sites (N-methyl/N-ethyl adjacent to an activating group) is 1. The molecule has 0 N–H and O–H groups in total. The van der Waals surface area contributed by atoms with Crippen molar-refractivity contribution < 1.29 is 14.3 Å². The minimum atomic E-state index is -0.550. The van der Waals surface area contributed by atoms with Crippen molar-refractivity contribution in [1.29, 1.82) is 0 Å². The van der Waals surface area contributed by atoms with Gasteiger partial charge in [0, 0.05) is 20.2 Å². The Bertz CT molecular complexity index is 573. The van der Waals surface area contributed by atoms with Gasteiger partial charge < -0.3 is 14.4 Å². The molecule has 0 spiro atoms. The van der Waals surface area contributed by atoms with Crippen LogP contribution in [0.15, 0.2) is 24.3 Å². The van der Waals surface area contributed by atoms with E-state index in [4.69, 9.17) is 9.47 Å². The maximum atomic E-state index is 13.5. The number of carbonyl (C=O) groups excluding carboxylic acids is 1. The number of aryl methyl sites for hydroxylation is 1. The fourth-order valence-corrected chi connectivity index (χ4v) is 3.92. The van der Waals surface area contributed by atoms with Crippen LogP contribution in [0.4, 0.5) is 0 Å². The van der Waals surface area contributed by atoms with Gasteiger partial charge in [-0.25, -0.2) is 0 Å². The van der Waals surface area contributed by atoms with Crippen LogP contribution in [0.5, 0.6) is 0 Å². The third kappa shape index (κ3) is 2.77. The van der Waals surface area contributed by atoms with E-state index in [2.05, 4.69) is 23.1 Å². The summed E-state index contributed by atoms with van der Waals surface area (Å²) in [6.07, 6.45) is 1.75. The van der Waals surface area contributed by atoms with Gasteiger partial charge in [-0.2, -0.15) is 0 Å². The zero-order chi connectivity index (χ0) is 16.4.